The molecule has 2 aromatic rings. The first kappa shape index (κ1) is 25.0. The van der Waals surface area contributed by atoms with Crippen LogP contribution in [0, 0.1) is 6.92 Å². The van der Waals surface area contributed by atoms with Crippen molar-refractivity contribution in [2.45, 2.75) is 54.2 Å². The van der Waals surface area contributed by atoms with Crippen molar-refractivity contribution in [1.82, 2.24) is 10.2 Å². The molecule has 2 aromatic carbocycles. The molecule has 3 unspecified atom stereocenters. The molecule has 0 bridgehead atoms. The first-order valence-electron chi connectivity index (χ1n) is 10.8. The zero-order valence-corrected chi connectivity index (χ0v) is 20.4. The molecule has 10 nitrogen and oxygen atoms in total. The molecule has 1 saturated heterocycles. The number of imide groups is 2. The van der Waals surface area contributed by atoms with E-state index in [0.29, 0.717) is 17.5 Å². The van der Waals surface area contributed by atoms with Crippen LogP contribution < -0.4 is 5.32 Å². The molecule has 35 heavy (non-hydrogen) atoms. The van der Waals surface area contributed by atoms with E-state index in [4.69, 9.17) is 0 Å². The molecule has 184 valence electrons. The summed E-state index contributed by atoms with van der Waals surface area (Å²) in [4.78, 5) is 50.8. The van der Waals surface area contributed by atoms with Crippen LogP contribution in [0.1, 0.15) is 63.3 Å². The predicted molar refractivity (Wildman–Crippen MR) is 124 cm³/mol. The Balaban J connectivity index is 1.75. The zero-order chi connectivity index (χ0) is 25.7. The normalized spacial score (nSPS) is 20.0. The second-order valence-electron chi connectivity index (χ2n) is 8.31. The van der Waals surface area contributed by atoms with Gasteiger partial charge in [0.2, 0.25) is 11.8 Å². The molecule has 1 fully saturated rings. The van der Waals surface area contributed by atoms with Gasteiger partial charge < -0.3 is 4.55 Å². The highest BCUT2D eigenvalue weighted by atomic mass is 32.2. The summed E-state index contributed by atoms with van der Waals surface area (Å²) in [6.45, 7) is 3.45. The van der Waals surface area contributed by atoms with Crippen LogP contribution in [-0.2, 0) is 30.9 Å². The highest BCUT2D eigenvalue weighted by Crippen LogP contribution is 2.39. The van der Waals surface area contributed by atoms with E-state index in [-0.39, 0.29) is 33.8 Å². The number of benzene rings is 2. The average molecular weight is 519 g/mol. The number of hydrogen-bond acceptors (Lipinski definition) is 7. The van der Waals surface area contributed by atoms with Crippen LogP contribution >= 0.6 is 0 Å². The van der Waals surface area contributed by atoms with E-state index in [1.54, 1.807) is 13.8 Å². The van der Waals surface area contributed by atoms with Gasteiger partial charge in [-0.25, -0.2) is 0 Å². The van der Waals surface area contributed by atoms with Gasteiger partial charge in [-0.2, -0.15) is 8.42 Å². The molecule has 0 aliphatic carbocycles. The number of nitrogens with one attached hydrogen (secondary N) is 1. The maximum Gasteiger partial charge on any atom is 0.294 e. The van der Waals surface area contributed by atoms with Crippen LogP contribution in [0.5, 0.6) is 0 Å². The zero-order valence-electron chi connectivity index (χ0n) is 18.8. The van der Waals surface area contributed by atoms with Gasteiger partial charge in [0.05, 0.1) is 10.5 Å². The number of rotatable bonds is 6. The second kappa shape index (κ2) is 9.19. The van der Waals surface area contributed by atoms with Crippen LogP contribution in [-0.4, -0.2) is 52.1 Å². The summed E-state index contributed by atoms with van der Waals surface area (Å²) >= 11 is -1.90. The van der Waals surface area contributed by atoms with Crippen molar-refractivity contribution in [3.63, 3.8) is 0 Å². The smallest absolute Gasteiger partial charge is 0.294 e. The van der Waals surface area contributed by atoms with Gasteiger partial charge in [0.15, 0.2) is 4.90 Å². The molecule has 0 aromatic heterocycles. The van der Waals surface area contributed by atoms with Gasteiger partial charge in [-0.15, -0.1) is 0 Å². The summed E-state index contributed by atoms with van der Waals surface area (Å²) in [6.07, 6.45) is 0.267. The Morgan fingerprint density at radius 1 is 1.17 bits per heavy atom. The Kier molecular flexibility index (Phi) is 6.58. The van der Waals surface area contributed by atoms with E-state index < -0.39 is 56.2 Å². The quantitative estimate of drug-likeness (QED) is 0.333. The summed E-state index contributed by atoms with van der Waals surface area (Å²) in [6, 6.07) is 7.18. The highest BCUT2D eigenvalue weighted by molar-refractivity contribution is 7.91. The van der Waals surface area contributed by atoms with E-state index in [0.717, 1.165) is 4.90 Å². The molecule has 2 N–H and O–H groups in total. The first-order chi connectivity index (χ1) is 16.5. The van der Waals surface area contributed by atoms with Crippen molar-refractivity contribution in [1.29, 1.82) is 0 Å². The number of carbonyl (C=O) groups is 4. The van der Waals surface area contributed by atoms with Crippen LogP contribution in [0.4, 0.5) is 0 Å². The van der Waals surface area contributed by atoms with Crippen molar-refractivity contribution in [3.8, 4) is 0 Å². The standard InChI is InChI=1S/C23H22N2O8S2/c1-3-17(15-11-13(35(31,32)33)8-7-12(15)2)34(30)18-6-4-5-14-20(18)23(29)25(22(14)28)16-9-10-19(26)24-21(16)27/h4-8,11,16-17H,3,9-10H2,1-2H3,(H,24,26,27)(H,31,32,33). The van der Waals surface area contributed by atoms with Gasteiger partial charge in [0.25, 0.3) is 21.9 Å². The van der Waals surface area contributed by atoms with Gasteiger partial charge in [-0.1, -0.05) is 19.1 Å². The third-order valence-electron chi connectivity index (χ3n) is 6.17. The summed E-state index contributed by atoms with van der Waals surface area (Å²) in [5.41, 5.74) is 0.974. The predicted octanol–water partition coefficient (Wildman–Crippen LogP) is 1.90. The third-order valence-corrected chi connectivity index (χ3v) is 8.90. The summed E-state index contributed by atoms with van der Waals surface area (Å²) in [5.74, 6) is -2.72. The van der Waals surface area contributed by atoms with Crippen LogP contribution in [0.15, 0.2) is 46.2 Å². The summed E-state index contributed by atoms with van der Waals surface area (Å²) in [7, 11) is -4.49. The minimum atomic E-state index is -4.49. The molecule has 4 rings (SSSR count). The van der Waals surface area contributed by atoms with Crippen molar-refractivity contribution in [2.75, 3.05) is 0 Å². The summed E-state index contributed by atoms with van der Waals surface area (Å²) < 4.78 is 46.5. The molecule has 2 aliphatic rings. The fourth-order valence-electron chi connectivity index (χ4n) is 4.42. The number of carbonyl (C=O) groups excluding carboxylic acids is 4. The van der Waals surface area contributed by atoms with Gasteiger partial charge in [-0.05, 0) is 60.8 Å². The lowest BCUT2D eigenvalue weighted by Crippen LogP contribution is -2.54. The largest absolute Gasteiger partial charge is 0.611 e. The molecular formula is C23H22N2O8S2. The van der Waals surface area contributed by atoms with Crippen LogP contribution in [0.25, 0.3) is 0 Å². The topological polar surface area (TPSA) is 161 Å². The Hall–Kier alpha value is -3.06. The van der Waals surface area contributed by atoms with Crippen molar-refractivity contribution in [3.05, 3.63) is 58.7 Å². The van der Waals surface area contributed by atoms with E-state index in [9.17, 15) is 36.7 Å². The van der Waals surface area contributed by atoms with Gasteiger partial charge in [0.1, 0.15) is 16.9 Å². The lowest BCUT2D eigenvalue weighted by molar-refractivity contribution is -0.136. The fraction of sp³-hybridized carbons (Fsp3) is 0.304. The molecule has 4 amide bonds. The number of fused-ring (bicyclic) bond motifs is 1. The Bertz CT molecular complexity index is 1370. The molecule has 2 aliphatic heterocycles. The number of aryl methyl sites for hydroxylation is 1. The maximum absolute atomic E-state index is 13.8. The fourth-order valence-corrected chi connectivity index (χ4v) is 6.64. The minimum absolute atomic E-state index is 0.00353. The van der Waals surface area contributed by atoms with E-state index in [2.05, 4.69) is 5.32 Å². The minimum Gasteiger partial charge on any atom is -0.611 e. The molecule has 12 heteroatoms. The van der Waals surface area contributed by atoms with Crippen molar-refractivity contribution in [2.24, 2.45) is 0 Å². The third kappa shape index (κ3) is 4.38. The van der Waals surface area contributed by atoms with Crippen LogP contribution in [0.2, 0.25) is 0 Å². The molecule has 0 spiro atoms. The number of nitrogens with zero attached hydrogens (tertiary/aromatic N) is 1. The van der Waals surface area contributed by atoms with E-state index in [1.165, 1.54) is 36.4 Å². The van der Waals surface area contributed by atoms with Crippen molar-refractivity contribution >= 4 is 44.9 Å². The molecule has 0 saturated carbocycles. The Morgan fingerprint density at radius 3 is 2.51 bits per heavy atom. The van der Waals surface area contributed by atoms with Gasteiger partial charge >= 0.3 is 0 Å². The molecule has 3 atom stereocenters. The van der Waals surface area contributed by atoms with Gasteiger partial charge in [-0.3, -0.25) is 33.9 Å². The van der Waals surface area contributed by atoms with Crippen LogP contribution in [0.3, 0.4) is 0 Å². The number of amides is 4. The van der Waals surface area contributed by atoms with E-state index in [1.807, 2.05) is 0 Å². The Labute approximate surface area is 204 Å². The van der Waals surface area contributed by atoms with Crippen molar-refractivity contribution < 1.29 is 36.7 Å². The maximum atomic E-state index is 13.8. The Morgan fingerprint density at radius 2 is 1.89 bits per heavy atom. The molecule has 2 heterocycles. The first-order valence-corrected chi connectivity index (χ1v) is 13.4. The number of piperidine rings is 1. The average Bonchev–Trinajstić information content (AvgIpc) is 3.05. The highest BCUT2D eigenvalue weighted by Gasteiger charge is 2.47. The second-order valence-corrected chi connectivity index (χ2v) is 11.3. The van der Waals surface area contributed by atoms with Gasteiger partial charge in [0, 0.05) is 12.0 Å². The number of hydrogen-bond donors (Lipinski definition) is 2. The lowest BCUT2D eigenvalue weighted by atomic mass is 10.0. The molecule has 0 radical (unpaired) electrons. The summed E-state index contributed by atoms with van der Waals surface area (Å²) in [5, 5.41) is 1.38. The molecular weight excluding hydrogens is 496 g/mol. The van der Waals surface area contributed by atoms with E-state index >= 15 is 0 Å². The lowest BCUT2D eigenvalue weighted by Gasteiger charge is -2.28. The monoisotopic (exact) mass is 518 g/mol. The SMILES string of the molecule is CCC(c1cc(S(=O)(=O)O)ccc1C)[S+]([O-])c1cccc2c1C(=O)N(C1CCC(=O)NC1=O)C2=O.